The van der Waals surface area contributed by atoms with Crippen LogP contribution < -0.4 is 26.8 Å². The molecule has 0 aliphatic carbocycles. The second kappa shape index (κ2) is 14.0. The number of guanidine groups is 1. The molecular weight excluding hydrogens is 618 g/mol. The van der Waals surface area contributed by atoms with Crippen LogP contribution in [-0.2, 0) is 37.0 Å². The van der Waals surface area contributed by atoms with Crippen molar-refractivity contribution in [3.63, 3.8) is 0 Å². The predicted octanol–water partition coefficient (Wildman–Crippen LogP) is 1.86. The van der Waals surface area contributed by atoms with E-state index in [1.54, 1.807) is 0 Å². The number of carboxylic acids is 1. The first-order chi connectivity index (χ1) is 18.6. The van der Waals surface area contributed by atoms with Gasteiger partial charge >= 0.3 is 18.3 Å². The van der Waals surface area contributed by atoms with Crippen molar-refractivity contribution < 1.29 is 54.3 Å². The maximum absolute atomic E-state index is 13.0. The Labute approximate surface area is 231 Å². The summed E-state index contributed by atoms with van der Waals surface area (Å²) in [6.07, 6.45) is -10.4. The number of halogens is 7. The Morgan fingerprint density at radius 3 is 2.27 bits per heavy atom. The number of sulfonamides is 1. The van der Waals surface area contributed by atoms with Crippen molar-refractivity contribution in [3.8, 4) is 0 Å². The number of H-pyrrole nitrogens is 1. The molecule has 1 aromatic carbocycles. The van der Waals surface area contributed by atoms with E-state index in [0.29, 0.717) is 17.8 Å². The molecule has 41 heavy (non-hydrogen) atoms. The minimum absolute atomic E-state index is 0.0117. The first-order valence-electron chi connectivity index (χ1n) is 10.6. The second-order valence-corrected chi connectivity index (χ2v) is 9.68. The summed E-state index contributed by atoms with van der Waals surface area (Å²) in [6, 6.07) is 3.07. The molecule has 0 aliphatic rings. The Morgan fingerprint density at radius 1 is 1.17 bits per heavy atom. The average molecular weight is 639 g/mol. The number of nitrogens with two attached hydrogens (primary N) is 1. The number of anilines is 1. The summed E-state index contributed by atoms with van der Waals surface area (Å²) in [5.74, 6) is -3.82. The van der Waals surface area contributed by atoms with Crippen molar-refractivity contribution in [1.29, 1.82) is 5.41 Å². The summed E-state index contributed by atoms with van der Waals surface area (Å²) in [5.41, 5.74) is 4.63. The second-order valence-electron chi connectivity index (χ2n) is 7.62. The summed E-state index contributed by atoms with van der Waals surface area (Å²) >= 11 is 5.81. The van der Waals surface area contributed by atoms with Crippen molar-refractivity contribution in [2.24, 2.45) is 5.73 Å². The predicted molar refractivity (Wildman–Crippen MR) is 130 cm³/mol. The molecule has 0 saturated heterocycles. The monoisotopic (exact) mass is 638 g/mol. The summed E-state index contributed by atoms with van der Waals surface area (Å²) in [4.78, 5) is 39.8. The van der Waals surface area contributed by atoms with Crippen LogP contribution in [0, 0.1) is 12.3 Å². The lowest BCUT2D eigenvalue weighted by Gasteiger charge is -2.15. The quantitative estimate of drug-likeness (QED) is 0.0700. The zero-order chi connectivity index (χ0) is 31.8. The van der Waals surface area contributed by atoms with Crippen LogP contribution in [0.15, 0.2) is 34.0 Å². The van der Waals surface area contributed by atoms with Gasteiger partial charge in [0.2, 0.25) is 11.9 Å². The van der Waals surface area contributed by atoms with E-state index in [-0.39, 0.29) is 18.7 Å². The number of alkyl halides is 6. The minimum Gasteiger partial charge on any atom is -0.475 e. The van der Waals surface area contributed by atoms with Gasteiger partial charge in [0.25, 0.3) is 15.6 Å². The fraction of sp³-hybridized carbons (Fsp3) is 0.300. The van der Waals surface area contributed by atoms with Crippen molar-refractivity contribution in [2.45, 2.75) is 30.6 Å². The van der Waals surface area contributed by atoms with Gasteiger partial charge in [-0.15, -0.1) is 0 Å². The number of aromatic nitrogens is 1. The number of nitrogens with one attached hydrogen (secondary N) is 5. The van der Waals surface area contributed by atoms with Gasteiger partial charge in [0.15, 0.2) is 0 Å². The zero-order valence-electron chi connectivity index (χ0n) is 20.5. The van der Waals surface area contributed by atoms with Crippen LogP contribution in [-0.4, -0.2) is 55.7 Å². The van der Waals surface area contributed by atoms with E-state index >= 15 is 0 Å². The molecule has 21 heteroatoms. The number of aryl methyl sites for hydroxylation is 1. The molecule has 0 radical (unpaired) electrons. The van der Waals surface area contributed by atoms with Gasteiger partial charge in [0.05, 0.1) is 23.6 Å². The molecule has 0 unspecified atom stereocenters. The summed E-state index contributed by atoms with van der Waals surface area (Å²) in [5, 5.41) is 16.0. The van der Waals surface area contributed by atoms with Gasteiger partial charge in [0.1, 0.15) is 10.6 Å². The van der Waals surface area contributed by atoms with Gasteiger partial charge in [-0.3, -0.25) is 24.6 Å². The third kappa shape index (κ3) is 11.5. The highest BCUT2D eigenvalue weighted by Gasteiger charge is 2.38. The highest BCUT2D eigenvalue weighted by atomic mass is 35.5. The van der Waals surface area contributed by atoms with Crippen LogP contribution >= 0.6 is 11.6 Å². The SMILES string of the molecule is Cc1cc(CC(=O)NCCONC(=N)N)c(NS(=O)(=O)c2cc(C(F)(F)F)ccc2Cl)c(=O)[nH]1.O=C(O)C(F)(F)F. The van der Waals surface area contributed by atoms with Crippen molar-refractivity contribution in [3.05, 3.63) is 56.5 Å². The molecule has 2 rings (SSSR count). The Balaban J connectivity index is 0.00000106. The van der Waals surface area contributed by atoms with Gasteiger partial charge in [-0.05, 0) is 36.8 Å². The number of rotatable bonds is 9. The van der Waals surface area contributed by atoms with Gasteiger partial charge in [-0.25, -0.2) is 18.7 Å². The Hall–Kier alpha value is -4.04. The fourth-order valence-corrected chi connectivity index (χ4v) is 4.32. The van der Waals surface area contributed by atoms with Gasteiger partial charge in [-0.2, -0.15) is 26.3 Å². The highest BCUT2D eigenvalue weighted by molar-refractivity contribution is 7.92. The lowest BCUT2D eigenvalue weighted by molar-refractivity contribution is -0.192. The fourth-order valence-electron chi connectivity index (χ4n) is 2.69. The zero-order valence-corrected chi connectivity index (χ0v) is 22.0. The van der Waals surface area contributed by atoms with Crippen LogP contribution in [0.5, 0.6) is 0 Å². The van der Waals surface area contributed by atoms with Crippen molar-refractivity contribution in [1.82, 2.24) is 15.8 Å². The van der Waals surface area contributed by atoms with Crippen LogP contribution in [0.3, 0.4) is 0 Å². The number of amides is 1. The molecule has 8 N–H and O–H groups in total. The molecule has 1 aromatic heterocycles. The van der Waals surface area contributed by atoms with E-state index in [2.05, 4.69) is 15.8 Å². The molecule has 0 spiro atoms. The Bertz CT molecular complexity index is 1450. The Kier molecular flexibility index (Phi) is 12.0. The number of benzene rings is 1. The number of hydroxylamine groups is 1. The number of carboxylic acid groups (broad SMARTS) is 1. The smallest absolute Gasteiger partial charge is 0.475 e. The van der Waals surface area contributed by atoms with E-state index in [1.807, 2.05) is 4.72 Å². The van der Waals surface area contributed by atoms with Crippen LogP contribution in [0.1, 0.15) is 16.8 Å². The first-order valence-corrected chi connectivity index (χ1v) is 12.4. The van der Waals surface area contributed by atoms with E-state index < -0.39 is 73.4 Å². The average Bonchev–Trinajstić information content (AvgIpc) is 2.80. The molecule has 0 saturated carbocycles. The molecule has 1 amide bonds. The van der Waals surface area contributed by atoms with Crippen LogP contribution in [0.2, 0.25) is 5.02 Å². The van der Waals surface area contributed by atoms with Crippen LogP contribution in [0.25, 0.3) is 0 Å². The highest BCUT2D eigenvalue weighted by Crippen LogP contribution is 2.34. The largest absolute Gasteiger partial charge is 0.490 e. The standard InChI is InChI=1S/C18H20ClF3N6O5S.C2HF3O2/c1-9-6-10(7-14(29)25-4-5-33-27-17(23)24)15(16(30)26-9)28-34(31,32)13-8-11(18(20,21)22)2-3-12(13)19;3-2(4,5)1(6)7/h2-3,6,8,28H,4-5,7H2,1H3,(H,25,29)(H,26,30)(H4,23,24,27);(H,6,7). The minimum atomic E-state index is -5.08. The van der Waals surface area contributed by atoms with E-state index in [1.165, 1.54) is 13.0 Å². The lowest BCUT2D eigenvalue weighted by Crippen LogP contribution is -2.35. The summed E-state index contributed by atoms with van der Waals surface area (Å²) in [6.45, 7) is 1.42. The van der Waals surface area contributed by atoms with Gasteiger partial charge < -0.3 is 21.1 Å². The molecule has 0 atom stereocenters. The number of pyridine rings is 1. The molecule has 13 nitrogen and oxygen atoms in total. The maximum atomic E-state index is 13.0. The molecule has 1 heterocycles. The summed E-state index contributed by atoms with van der Waals surface area (Å²) < 4.78 is 98.4. The van der Waals surface area contributed by atoms with E-state index in [4.69, 9.17) is 37.5 Å². The molecule has 0 bridgehead atoms. The first kappa shape index (κ1) is 35.0. The van der Waals surface area contributed by atoms with Gasteiger partial charge in [-0.1, -0.05) is 11.6 Å². The molecule has 0 fully saturated rings. The topological polar surface area (TPSA) is 217 Å². The number of aliphatic carboxylic acids is 1. The van der Waals surface area contributed by atoms with Crippen LogP contribution in [0.4, 0.5) is 32.0 Å². The van der Waals surface area contributed by atoms with Crippen molar-refractivity contribution >= 4 is 45.1 Å². The third-order valence-corrected chi connectivity index (χ3v) is 6.17. The number of hydrogen-bond acceptors (Lipinski definition) is 7. The van der Waals surface area contributed by atoms with E-state index in [9.17, 15) is 44.3 Å². The maximum Gasteiger partial charge on any atom is 0.490 e. The van der Waals surface area contributed by atoms with Crippen molar-refractivity contribution in [2.75, 3.05) is 17.9 Å². The lowest BCUT2D eigenvalue weighted by atomic mass is 10.1. The number of aromatic amines is 1. The van der Waals surface area contributed by atoms with Gasteiger partial charge in [0, 0.05) is 12.2 Å². The third-order valence-electron chi connectivity index (χ3n) is 4.34. The number of hydrogen-bond donors (Lipinski definition) is 7. The normalized spacial score (nSPS) is 11.6. The molecule has 0 aliphatic heterocycles. The number of carbonyl (C=O) groups is 2. The molecule has 2 aromatic rings. The molecular formula is C20H21ClF6N6O7S. The summed E-state index contributed by atoms with van der Waals surface area (Å²) in [7, 11) is -4.75. The van der Waals surface area contributed by atoms with E-state index in [0.717, 1.165) is 6.07 Å². The Morgan fingerprint density at radius 2 is 1.76 bits per heavy atom. The number of carbonyl (C=O) groups excluding carboxylic acids is 1. The molecule has 228 valence electrons.